The fourth-order valence-corrected chi connectivity index (χ4v) is 2.47. The molecule has 0 aromatic heterocycles. The third kappa shape index (κ3) is 3.45. The van der Waals surface area contributed by atoms with Crippen LogP contribution in [-0.2, 0) is 14.3 Å². The molecular weight excluding hydrogens is 234 g/mol. The summed E-state index contributed by atoms with van der Waals surface area (Å²) in [5, 5.41) is 8.75. The Hall–Kier alpha value is -1.10. The van der Waals surface area contributed by atoms with Crippen LogP contribution in [0.15, 0.2) is 0 Å². The maximum atomic E-state index is 12.2. The average molecular weight is 255 g/mol. The number of aliphatic carboxylic acids is 1. The van der Waals surface area contributed by atoms with Crippen LogP contribution >= 0.6 is 0 Å². The van der Waals surface area contributed by atoms with E-state index in [-0.39, 0.29) is 24.3 Å². The molecule has 0 aromatic carbocycles. The molecule has 2 rings (SSSR count). The van der Waals surface area contributed by atoms with E-state index in [0.29, 0.717) is 13.1 Å². The van der Waals surface area contributed by atoms with E-state index < -0.39 is 5.97 Å². The van der Waals surface area contributed by atoms with Crippen molar-refractivity contribution in [2.24, 2.45) is 5.92 Å². The molecule has 1 heterocycles. The molecule has 0 spiro atoms. The van der Waals surface area contributed by atoms with E-state index in [1.165, 1.54) is 0 Å². The van der Waals surface area contributed by atoms with Gasteiger partial charge in [-0.25, -0.2) is 0 Å². The van der Waals surface area contributed by atoms with Crippen LogP contribution in [-0.4, -0.2) is 47.7 Å². The van der Waals surface area contributed by atoms with Crippen LogP contribution in [0.2, 0.25) is 0 Å². The normalized spacial score (nSPS) is 23.7. The SMILES string of the molecule is O=C(O)CCN(C[C@H]1CCCO1)C(=O)C1CCC1. The van der Waals surface area contributed by atoms with Gasteiger partial charge in [-0.2, -0.15) is 0 Å². The Morgan fingerprint density at radius 3 is 2.50 bits per heavy atom. The molecule has 1 atom stereocenters. The number of carboxylic acid groups (broad SMARTS) is 1. The molecule has 1 amide bonds. The standard InChI is InChI=1S/C13H21NO4/c15-12(16)6-7-14(9-11-5-2-8-18-11)13(17)10-3-1-4-10/h10-11H,1-9H2,(H,15,16)/t11-/m1/s1. The minimum absolute atomic E-state index is 0.0190. The number of hydrogen-bond donors (Lipinski definition) is 1. The molecule has 5 heteroatoms. The molecule has 0 unspecified atom stereocenters. The van der Waals surface area contributed by atoms with Crippen molar-refractivity contribution in [1.29, 1.82) is 0 Å². The largest absolute Gasteiger partial charge is 0.481 e. The van der Waals surface area contributed by atoms with Crippen LogP contribution in [0, 0.1) is 5.92 Å². The topological polar surface area (TPSA) is 66.8 Å². The second kappa shape index (κ2) is 6.18. The number of ether oxygens (including phenoxy) is 1. The Morgan fingerprint density at radius 2 is 2.00 bits per heavy atom. The van der Waals surface area contributed by atoms with Crippen LogP contribution < -0.4 is 0 Å². The highest BCUT2D eigenvalue weighted by Crippen LogP contribution is 2.28. The minimum atomic E-state index is -0.853. The summed E-state index contributed by atoms with van der Waals surface area (Å²) in [6.45, 7) is 1.63. The molecule has 102 valence electrons. The van der Waals surface area contributed by atoms with Crippen LogP contribution in [0.4, 0.5) is 0 Å². The first-order chi connectivity index (χ1) is 8.66. The Balaban J connectivity index is 1.87. The summed E-state index contributed by atoms with van der Waals surface area (Å²) < 4.78 is 5.53. The number of carboxylic acids is 1. The van der Waals surface area contributed by atoms with Gasteiger partial charge >= 0.3 is 5.97 Å². The lowest BCUT2D eigenvalue weighted by Crippen LogP contribution is -2.43. The zero-order valence-electron chi connectivity index (χ0n) is 10.6. The highest BCUT2D eigenvalue weighted by molar-refractivity contribution is 5.80. The van der Waals surface area contributed by atoms with E-state index >= 15 is 0 Å². The summed E-state index contributed by atoms with van der Waals surface area (Å²) in [6, 6.07) is 0. The van der Waals surface area contributed by atoms with E-state index in [2.05, 4.69) is 0 Å². The third-order valence-electron chi connectivity index (χ3n) is 3.81. The van der Waals surface area contributed by atoms with E-state index in [4.69, 9.17) is 9.84 Å². The van der Waals surface area contributed by atoms with Crippen LogP contribution in [0.3, 0.4) is 0 Å². The van der Waals surface area contributed by atoms with Crippen molar-refractivity contribution >= 4 is 11.9 Å². The Labute approximate surface area is 107 Å². The monoisotopic (exact) mass is 255 g/mol. The van der Waals surface area contributed by atoms with E-state index in [9.17, 15) is 9.59 Å². The molecule has 0 bridgehead atoms. The highest BCUT2D eigenvalue weighted by Gasteiger charge is 2.31. The first-order valence-electron chi connectivity index (χ1n) is 6.79. The van der Waals surface area contributed by atoms with Crippen molar-refractivity contribution in [3.05, 3.63) is 0 Å². The molecule has 1 aliphatic heterocycles. The predicted molar refractivity (Wildman–Crippen MR) is 65.1 cm³/mol. The Bertz CT molecular complexity index is 308. The Kier molecular flexibility index (Phi) is 4.58. The maximum Gasteiger partial charge on any atom is 0.305 e. The number of carbonyl (C=O) groups is 2. The van der Waals surface area contributed by atoms with Crippen molar-refractivity contribution in [2.45, 2.75) is 44.6 Å². The third-order valence-corrected chi connectivity index (χ3v) is 3.81. The lowest BCUT2D eigenvalue weighted by molar-refractivity contribution is -0.142. The molecule has 0 aromatic rings. The summed E-state index contributed by atoms with van der Waals surface area (Å²) >= 11 is 0. The van der Waals surface area contributed by atoms with Gasteiger partial charge in [0.05, 0.1) is 12.5 Å². The number of nitrogens with zero attached hydrogens (tertiary/aromatic N) is 1. The van der Waals surface area contributed by atoms with Gasteiger partial charge in [-0.3, -0.25) is 9.59 Å². The predicted octanol–water partition coefficient (Wildman–Crippen LogP) is 1.27. The summed E-state index contributed by atoms with van der Waals surface area (Å²) in [5.74, 6) is -0.605. The second-order valence-corrected chi connectivity index (χ2v) is 5.19. The molecule has 1 saturated carbocycles. The lowest BCUT2D eigenvalue weighted by atomic mass is 9.84. The summed E-state index contributed by atoms with van der Waals surface area (Å²) in [6.07, 6.45) is 5.15. The number of hydrogen-bond acceptors (Lipinski definition) is 3. The van der Waals surface area contributed by atoms with Gasteiger partial charge in [0.25, 0.3) is 0 Å². The number of amides is 1. The van der Waals surface area contributed by atoms with Gasteiger partial charge in [-0.05, 0) is 25.7 Å². The molecule has 5 nitrogen and oxygen atoms in total. The summed E-state index contributed by atoms with van der Waals surface area (Å²) in [4.78, 5) is 24.6. The van der Waals surface area contributed by atoms with Crippen molar-refractivity contribution < 1.29 is 19.4 Å². The van der Waals surface area contributed by atoms with E-state index in [1.807, 2.05) is 0 Å². The maximum absolute atomic E-state index is 12.2. The van der Waals surface area contributed by atoms with Gasteiger partial charge in [0.2, 0.25) is 5.91 Å². The van der Waals surface area contributed by atoms with Crippen molar-refractivity contribution in [2.75, 3.05) is 19.7 Å². The summed E-state index contributed by atoms with van der Waals surface area (Å²) in [5.41, 5.74) is 0. The molecule has 18 heavy (non-hydrogen) atoms. The number of rotatable bonds is 6. The molecule has 2 aliphatic rings. The van der Waals surface area contributed by atoms with Gasteiger partial charge in [0.15, 0.2) is 0 Å². The smallest absolute Gasteiger partial charge is 0.305 e. The zero-order chi connectivity index (χ0) is 13.0. The fraction of sp³-hybridized carbons (Fsp3) is 0.846. The van der Waals surface area contributed by atoms with Crippen molar-refractivity contribution in [3.63, 3.8) is 0 Å². The average Bonchev–Trinajstić information content (AvgIpc) is 2.73. The second-order valence-electron chi connectivity index (χ2n) is 5.19. The van der Waals surface area contributed by atoms with Crippen LogP contribution in [0.5, 0.6) is 0 Å². The zero-order valence-corrected chi connectivity index (χ0v) is 10.6. The first kappa shape index (κ1) is 13.3. The summed E-state index contributed by atoms with van der Waals surface area (Å²) in [7, 11) is 0. The van der Waals surface area contributed by atoms with Crippen molar-refractivity contribution in [3.8, 4) is 0 Å². The van der Waals surface area contributed by atoms with E-state index in [1.54, 1.807) is 4.90 Å². The minimum Gasteiger partial charge on any atom is -0.481 e. The lowest BCUT2D eigenvalue weighted by Gasteiger charge is -2.32. The van der Waals surface area contributed by atoms with Gasteiger partial charge in [0.1, 0.15) is 0 Å². The molecular formula is C13H21NO4. The number of carbonyl (C=O) groups excluding carboxylic acids is 1. The Morgan fingerprint density at radius 1 is 1.22 bits per heavy atom. The van der Waals surface area contributed by atoms with Gasteiger partial charge < -0.3 is 14.7 Å². The van der Waals surface area contributed by atoms with Crippen molar-refractivity contribution in [1.82, 2.24) is 4.90 Å². The van der Waals surface area contributed by atoms with Gasteiger partial charge in [0, 0.05) is 25.6 Å². The van der Waals surface area contributed by atoms with Gasteiger partial charge in [-0.15, -0.1) is 0 Å². The molecule has 1 N–H and O–H groups in total. The molecule has 1 aliphatic carbocycles. The van der Waals surface area contributed by atoms with Crippen LogP contribution in [0.1, 0.15) is 38.5 Å². The van der Waals surface area contributed by atoms with Crippen LogP contribution in [0.25, 0.3) is 0 Å². The fourth-order valence-electron chi connectivity index (χ4n) is 2.47. The first-order valence-corrected chi connectivity index (χ1v) is 6.79. The van der Waals surface area contributed by atoms with E-state index in [0.717, 1.165) is 38.7 Å². The molecule has 2 fully saturated rings. The van der Waals surface area contributed by atoms with Gasteiger partial charge in [-0.1, -0.05) is 6.42 Å². The highest BCUT2D eigenvalue weighted by atomic mass is 16.5. The molecule has 0 radical (unpaired) electrons. The molecule has 1 saturated heterocycles. The quantitative estimate of drug-likeness (QED) is 0.776.